The van der Waals surface area contributed by atoms with Gasteiger partial charge in [0.05, 0.1) is 40.1 Å². The zero-order chi connectivity index (χ0) is 27.1. The Morgan fingerprint density at radius 2 is 1.77 bits per heavy atom. The van der Waals surface area contributed by atoms with Gasteiger partial charge in [0.2, 0.25) is 11.9 Å². The van der Waals surface area contributed by atoms with Gasteiger partial charge >= 0.3 is 6.18 Å². The lowest BCUT2D eigenvalue weighted by atomic mass is 10.1. The van der Waals surface area contributed by atoms with Gasteiger partial charge in [0.1, 0.15) is 0 Å². The number of aryl methyl sites for hydroxylation is 1. The first-order valence-electron chi connectivity index (χ1n) is 12.6. The molecule has 1 aliphatic rings. The standard InChI is InChI=1S/C29H25F3N6O/c1-18-7-5-6-8-19(18)16-33-27-34-23-13-14-37(17-22(23)26(39)38(27)21-9-3-2-4-10-21)28-35-24-12-11-20(29(30,31)32)15-25(24)36-28/h2-12,15H,13-14,16-17H2,1H3,(H,33,34)(H,35,36). The fraction of sp³-hybridized carbons (Fsp3) is 0.207. The van der Waals surface area contributed by atoms with Crippen LogP contribution in [0.1, 0.15) is 27.9 Å². The molecule has 3 heterocycles. The highest BCUT2D eigenvalue weighted by atomic mass is 19.4. The molecule has 0 saturated carbocycles. The molecular weight excluding hydrogens is 505 g/mol. The Labute approximate surface area is 222 Å². The van der Waals surface area contributed by atoms with Crippen molar-refractivity contribution in [3.05, 3.63) is 111 Å². The van der Waals surface area contributed by atoms with Gasteiger partial charge in [-0.3, -0.25) is 4.79 Å². The van der Waals surface area contributed by atoms with E-state index in [0.29, 0.717) is 59.4 Å². The molecule has 2 N–H and O–H groups in total. The number of benzene rings is 3. The predicted octanol–water partition coefficient (Wildman–Crippen LogP) is 5.61. The third-order valence-electron chi connectivity index (χ3n) is 7.04. The SMILES string of the molecule is Cc1ccccc1CNc1nc2c(c(=O)n1-c1ccccc1)CN(c1nc3ccc(C(F)(F)F)cc3[nH]1)CC2. The molecule has 0 amide bonds. The van der Waals surface area contributed by atoms with Gasteiger partial charge in [-0.25, -0.2) is 14.5 Å². The Balaban J connectivity index is 1.36. The first kappa shape index (κ1) is 24.7. The van der Waals surface area contributed by atoms with Crippen LogP contribution in [-0.4, -0.2) is 26.1 Å². The summed E-state index contributed by atoms with van der Waals surface area (Å²) in [6.45, 7) is 3.30. The Bertz CT molecular complexity index is 1730. The maximum absolute atomic E-state index is 13.9. The smallest absolute Gasteiger partial charge is 0.351 e. The van der Waals surface area contributed by atoms with Crippen LogP contribution in [0.3, 0.4) is 0 Å². The summed E-state index contributed by atoms with van der Waals surface area (Å²) < 4.78 is 41.1. The lowest BCUT2D eigenvalue weighted by Gasteiger charge is -2.28. The summed E-state index contributed by atoms with van der Waals surface area (Å²) >= 11 is 0. The number of aromatic nitrogens is 4. The number of nitrogens with zero attached hydrogens (tertiary/aromatic N) is 4. The molecule has 0 atom stereocenters. The van der Waals surface area contributed by atoms with Gasteiger partial charge in [-0.05, 0) is 48.4 Å². The molecule has 198 valence electrons. The van der Waals surface area contributed by atoms with Crippen molar-refractivity contribution < 1.29 is 13.2 Å². The average molecular weight is 531 g/mol. The largest absolute Gasteiger partial charge is 0.416 e. The molecule has 0 fully saturated rings. The fourth-order valence-electron chi connectivity index (χ4n) is 4.90. The number of fused-ring (bicyclic) bond motifs is 2. The van der Waals surface area contributed by atoms with Crippen molar-refractivity contribution in [1.29, 1.82) is 0 Å². The number of imidazole rings is 1. The summed E-state index contributed by atoms with van der Waals surface area (Å²) in [6, 6.07) is 20.8. The molecule has 3 aromatic carbocycles. The number of hydrogen-bond donors (Lipinski definition) is 2. The third kappa shape index (κ3) is 4.73. The summed E-state index contributed by atoms with van der Waals surface area (Å²) in [4.78, 5) is 28.2. The van der Waals surface area contributed by atoms with E-state index < -0.39 is 11.7 Å². The topological polar surface area (TPSA) is 78.8 Å². The minimum Gasteiger partial charge on any atom is -0.351 e. The maximum Gasteiger partial charge on any atom is 0.416 e. The molecule has 0 spiro atoms. The summed E-state index contributed by atoms with van der Waals surface area (Å²) in [5.41, 5.74) is 3.95. The van der Waals surface area contributed by atoms with Gasteiger partial charge in [-0.1, -0.05) is 42.5 Å². The molecule has 0 saturated heterocycles. The molecule has 0 bridgehead atoms. The number of rotatable bonds is 5. The van der Waals surface area contributed by atoms with E-state index in [2.05, 4.69) is 15.3 Å². The molecule has 39 heavy (non-hydrogen) atoms. The van der Waals surface area contributed by atoms with Gasteiger partial charge in [0.25, 0.3) is 5.56 Å². The lowest BCUT2D eigenvalue weighted by molar-refractivity contribution is -0.137. The molecule has 1 aliphatic heterocycles. The molecule has 5 aromatic rings. The van der Waals surface area contributed by atoms with E-state index in [1.54, 1.807) is 4.57 Å². The van der Waals surface area contributed by atoms with Crippen molar-refractivity contribution >= 4 is 22.9 Å². The van der Waals surface area contributed by atoms with Crippen molar-refractivity contribution in [2.75, 3.05) is 16.8 Å². The Morgan fingerprint density at radius 1 is 1.00 bits per heavy atom. The van der Waals surface area contributed by atoms with E-state index in [0.717, 1.165) is 23.3 Å². The van der Waals surface area contributed by atoms with Crippen LogP contribution >= 0.6 is 0 Å². The molecule has 0 aliphatic carbocycles. The van der Waals surface area contributed by atoms with E-state index in [4.69, 9.17) is 4.98 Å². The first-order chi connectivity index (χ1) is 18.8. The third-order valence-corrected chi connectivity index (χ3v) is 7.04. The monoisotopic (exact) mass is 530 g/mol. The van der Waals surface area contributed by atoms with Crippen LogP contribution in [0.4, 0.5) is 25.1 Å². The van der Waals surface area contributed by atoms with Crippen molar-refractivity contribution in [3.8, 4) is 5.69 Å². The van der Waals surface area contributed by atoms with Crippen molar-refractivity contribution in [1.82, 2.24) is 19.5 Å². The number of halogens is 3. The Hall–Kier alpha value is -4.60. The van der Waals surface area contributed by atoms with Crippen LogP contribution in [0.25, 0.3) is 16.7 Å². The fourth-order valence-corrected chi connectivity index (χ4v) is 4.90. The van der Waals surface area contributed by atoms with E-state index >= 15 is 0 Å². The number of para-hydroxylation sites is 1. The lowest BCUT2D eigenvalue weighted by Crippen LogP contribution is -2.39. The summed E-state index contributed by atoms with van der Waals surface area (Å²) in [5.74, 6) is 0.882. The maximum atomic E-state index is 13.9. The van der Waals surface area contributed by atoms with Crippen LogP contribution in [0, 0.1) is 6.92 Å². The second-order valence-electron chi connectivity index (χ2n) is 9.58. The second-order valence-corrected chi connectivity index (χ2v) is 9.58. The summed E-state index contributed by atoms with van der Waals surface area (Å²) in [6.07, 6.45) is -3.95. The Kier molecular flexibility index (Phi) is 6.09. The van der Waals surface area contributed by atoms with Gasteiger partial charge in [0.15, 0.2) is 0 Å². The molecule has 0 radical (unpaired) electrons. The zero-order valence-corrected chi connectivity index (χ0v) is 21.1. The number of nitrogens with one attached hydrogen (secondary N) is 2. The van der Waals surface area contributed by atoms with Crippen molar-refractivity contribution in [2.45, 2.75) is 32.6 Å². The number of hydrogen-bond acceptors (Lipinski definition) is 5. The Morgan fingerprint density at radius 3 is 2.54 bits per heavy atom. The van der Waals surface area contributed by atoms with E-state index in [1.807, 2.05) is 66.4 Å². The zero-order valence-electron chi connectivity index (χ0n) is 21.1. The quantitative estimate of drug-likeness (QED) is 0.309. The van der Waals surface area contributed by atoms with Crippen LogP contribution in [0.5, 0.6) is 0 Å². The number of alkyl halides is 3. The first-order valence-corrected chi connectivity index (χ1v) is 12.6. The van der Waals surface area contributed by atoms with Gasteiger partial charge in [-0.15, -0.1) is 0 Å². The molecule has 10 heteroatoms. The van der Waals surface area contributed by atoms with Gasteiger partial charge < -0.3 is 15.2 Å². The van der Waals surface area contributed by atoms with Gasteiger partial charge in [-0.2, -0.15) is 13.2 Å². The summed E-state index contributed by atoms with van der Waals surface area (Å²) in [7, 11) is 0. The van der Waals surface area contributed by atoms with Crippen molar-refractivity contribution in [2.24, 2.45) is 0 Å². The molecule has 7 nitrogen and oxygen atoms in total. The van der Waals surface area contributed by atoms with E-state index in [1.165, 1.54) is 6.07 Å². The van der Waals surface area contributed by atoms with Crippen LogP contribution < -0.4 is 15.8 Å². The molecule has 6 rings (SSSR count). The van der Waals surface area contributed by atoms with Crippen LogP contribution in [-0.2, 0) is 25.7 Å². The van der Waals surface area contributed by atoms with Crippen LogP contribution in [0.2, 0.25) is 0 Å². The van der Waals surface area contributed by atoms with E-state index in [9.17, 15) is 18.0 Å². The minimum absolute atomic E-state index is 0.196. The van der Waals surface area contributed by atoms with Crippen molar-refractivity contribution in [3.63, 3.8) is 0 Å². The number of aromatic amines is 1. The molecule has 2 aromatic heterocycles. The highest BCUT2D eigenvalue weighted by Gasteiger charge is 2.31. The highest BCUT2D eigenvalue weighted by Crippen LogP contribution is 2.32. The minimum atomic E-state index is -4.44. The number of H-pyrrole nitrogens is 1. The van der Waals surface area contributed by atoms with Gasteiger partial charge in [0, 0.05) is 19.5 Å². The van der Waals surface area contributed by atoms with E-state index in [-0.39, 0.29) is 12.1 Å². The second kappa shape index (κ2) is 9.61. The highest BCUT2D eigenvalue weighted by molar-refractivity contribution is 5.78. The number of anilines is 2. The molecular formula is C29H25F3N6O. The molecule has 0 unspecified atom stereocenters. The predicted molar refractivity (Wildman–Crippen MR) is 144 cm³/mol. The average Bonchev–Trinajstić information content (AvgIpc) is 3.36. The normalized spacial score (nSPS) is 13.5. The van der Waals surface area contributed by atoms with Crippen LogP contribution in [0.15, 0.2) is 77.6 Å². The summed E-state index contributed by atoms with van der Waals surface area (Å²) in [5, 5.41) is 3.37.